The maximum Gasteiger partial charge on any atom is 0.130 e. The van der Waals surface area contributed by atoms with Crippen LogP contribution in [-0.4, -0.2) is 58.4 Å². The minimum Gasteiger partial charge on any atom is -0.377 e. The van der Waals surface area contributed by atoms with Gasteiger partial charge in [-0.15, -0.1) is 0 Å². The highest BCUT2D eigenvalue weighted by Crippen LogP contribution is 2.32. The zero-order valence-corrected chi connectivity index (χ0v) is 19.8. The Kier molecular flexibility index (Phi) is 6.60. The second-order valence-corrected chi connectivity index (χ2v) is 9.60. The molecule has 0 aliphatic carbocycles. The lowest BCUT2D eigenvalue weighted by molar-refractivity contribution is 0.0985. The van der Waals surface area contributed by atoms with Crippen LogP contribution in [0.15, 0.2) is 51.7 Å². The lowest BCUT2D eigenvalue weighted by Crippen LogP contribution is -2.44. The first-order valence-electron chi connectivity index (χ1n) is 10.2. The molecule has 1 aliphatic rings. The lowest BCUT2D eigenvalue weighted by Gasteiger charge is -2.35. The fourth-order valence-corrected chi connectivity index (χ4v) is 4.87. The Morgan fingerprint density at radius 1 is 1.29 bits per heavy atom. The van der Waals surface area contributed by atoms with Crippen molar-refractivity contribution in [3.63, 3.8) is 0 Å². The van der Waals surface area contributed by atoms with Crippen molar-refractivity contribution < 1.29 is 8.95 Å². The van der Waals surface area contributed by atoms with Crippen molar-refractivity contribution in [3.8, 4) is 11.1 Å². The Morgan fingerprint density at radius 2 is 2.06 bits per heavy atom. The van der Waals surface area contributed by atoms with Crippen molar-refractivity contribution in [2.75, 3.05) is 38.0 Å². The number of aliphatic imine (C=N–C) groups is 1. The van der Waals surface area contributed by atoms with Crippen LogP contribution in [0.25, 0.3) is 11.1 Å². The molecule has 0 N–H and O–H groups in total. The number of pyridine rings is 1. The molecule has 1 aromatic carbocycles. The third-order valence-corrected chi connectivity index (χ3v) is 7.04. The monoisotopic (exact) mass is 454 g/mol. The van der Waals surface area contributed by atoms with Crippen LogP contribution in [0.3, 0.4) is 0 Å². The summed E-state index contributed by atoms with van der Waals surface area (Å²) in [6.45, 7) is 6.38. The van der Waals surface area contributed by atoms with E-state index in [1.165, 1.54) is 11.5 Å². The van der Waals surface area contributed by atoms with E-state index in [1.54, 1.807) is 13.3 Å². The van der Waals surface area contributed by atoms with E-state index in [1.807, 2.05) is 35.7 Å². The zero-order valence-electron chi connectivity index (χ0n) is 18.2. The van der Waals surface area contributed by atoms with Gasteiger partial charge in [0.2, 0.25) is 0 Å². The average Bonchev–Trinajstić information content (AvgIpc) is 3.30. The van der Waals surface area contributed by atoms with Crippen LogP contribution in [0.5, 0.6) is 0 Å². The summed E-state index contributed by atoms with van der Waals surface area (Å²) in [6, 6.07) is 12.3. The van der Waals surface area contributed by atoms with Crippen molar-refractivity contribution in [1.29, 1.82) is 0 Å². The Balaban J connectivity index is 1.89. The van der Waals surface area contributed by atoms with Gasteiger partial charge in [-0.1, -0.05) is 12.1 Å². The van der Waals surface area contributed by atoms with Crippen LogP contribution in [0, 0.1) is 6.92 Å². The molecule has 1 fully saturated rings. The molecule has 0 spiro atoms. The Morgan fingerprint density at radius 3 is 2.68 bits per heavy atom. The lowest BCUT2D eigenvalue weighted by atomic mass is 9.97. The molecular formula is C23H26N4O2S2. The topological polar surface area (TPSA) is 67.7 Å². The predicted molar refractivity (Wildman–Crippen MR) is 128 cm³/mol. The summed E-state index contributed by atoms with van der Waals surface area (Å²) in [7, 11) is 0.776. The van der Waals surface area contributed by atoms with Crippen LogP contribution in [-0.2, 0) is 15.5 Å². The summed E-state index contributed by atoms with van der Waals surface area (Å²) < 4.78 is 22.0. The molecule has 1 unspecified atom stereocenters. The number of morpholine rings is 1. The van der Waals surface area contributed by atoms with Gasteiger partial charge in [-0.3, -0.25) is 9.20 Å². The van der Waals surface area contributed by atoms with Gasteiger partial charge in [-0.25, -0.2) is 4.98 Å². The van der Waals surface area contributed by atoms with Crippen LogP contribution in [0.1, 0.15) is 23.9 Å². The fourth-order valence-electron chi connectivity index (χ4n) is 3.84. The maximum atomic E-state index is 11.8. The van der Waals surface area contributed by atoms with Gasteiger partial charge in [0.05, 0.1) is 24.9 Å². The second kappa shape index (κ2) is 9.38. The molecule has 3 heterocycles. The van der Waals surface area contributed by atoms with E-state index < -0.39 is 10.8 Å². The van der Waals surface area contributed by atoms with E-state index >= 15 is 0 Å². The summed E-state index contributed by atoms with van der Waals surface area (Å²) in [5, 5.41) is 1.95. The van der Waals surface area contributed by atoms with Crippen molar-refractivity contribution in [1.82, 2.24) is 9.36 Å². The molecule has 31 heavy (non-hydrogen) atoms. The van der Waals surface area contributed by atoms with Crippen LogP contribution < -0.4 is 4.90 Å². The van der Waals surface area contributed by atoms with E-state index in [2.05, 4.69) is 34.2 Å². The minimum absolute atomic E-state index is 0.232. The van der Waals surface area contributed by atoms with Gasteiger partial charge in [0.1, 0.15) is 17.2 Å². The summed E-state index contributed by atoms with van der Waals surface area (Å²) in [4.78, 5) is 12.7. The van der Waals surface area contributed by atoms with Gasteiger partial charge in [0, 0.05) is 40.9 Å². The van der Waals surface area contributed by atoms with Crippen molar-refractivity contribution >= 4 is 33.9 Å². The highest BCUT2D eigenvalue weighted by Gasteiger charge is 2.24. The van der Waals surface area contributed by atoms with E-state index in [-0.39, 0.29) is 6.04 Å². The van der Waals surface area contributed by atoms with E-state index in [0.717, 1.165) is 51.0 Å². The first kappa shape index (κ1) is 21.8. The average molecular weight is 455 g/mol. The number of benzene rings is 1. The molecule has 0 saturated carbocycles. The van der Waals surface area contributed by atoms with Crippen molar-refractivity contribution in [2.45, 2.75) is 24.8 Å². The van der Waals surface area contributed by atoms with Gasteiger partial charge < -0.3 is 9.64 Å². The standard InChI is InChI=1S/C23H26N4O2S2/c1-15-14-29-11-10-27(15)21-13-19(17-5-7-18(8-6-17)31(4)28)16(2)22(25-21)23(24-3)20-9-12-30-26-20/h5-9,12-13,15H,10-11,14H2,1-4H3/t15-,31?/m1/s1. The third-order valence-electron chi connectivity index (χ3n) is 5.55. The highest BCUT2D eigenvalue weighted by atomic mass is 32.2. The number of anilines is 1. The first-order valence-corrected chi connectivity index (χ1v) is 12.6. The molecule has 3 aromatic rings. The molecule has 4 rings (SSSR count). The Hall–Kier alpha value is -2.42. The van der Waals surface area contributed by atoms with Gasteiger partial charge in [-0.05, 0) is 66.3 Å². The molecule has 6 nitrogen and oxygen atoms in total. The largest absolute Gasteiger partial charge is 0.377 e. The van der Waals surface area contributed by atoms with E-state index in [4.69, 9.17) is 9.72 Å². The van der Waals surface area contributed by atoms with Gasteiger partial charge in [0.25, 0.3) is 0 Å². The SMILES string of the molecule is CN=C(c1ccsn1)c1nc(N2CCOC[C@H]2C)cc(-c2ccc(S(C)=O)cc2)c1C. The summed E-state index contributed by atoms with van der Waals surface area (Å²) >= 11 is 1.41. The van der Waals surface area contributed by atoms with E-state index in [9.17, 15) is 4.21 Å². The highest BCUT2D eigenvalue weighted by molar-refractivity contribution is 7.84. The summed E-state index contributed by atoms with van der Waals surface area (Å²) in [5.41, 5.74) is 5.65. The molecule has 162 valence electrons. The number of aromatic nitrogens is 2. The molecule has 2 aromatic heterocycles. The van der Waals surface area contributed by atoms with Crippen LogP contribution >= 0.6 is 11.5 Å². The molecule has 0 radical (unpaired) electrons. The van der Waals surface area contributed by atoms with Gasteiger partial charge >= 0.3 is 0 Å². The molecule has 1 saturated heterocycles. The quantitative estimate of drug-likeness (QED) is 0.546. The number of hydrogen-bond acceptors (Lipinski definition) is 7. The molecule has 0 bridgehead atoms. The Labute approximate surface area is 189 Å². The zero-order chi connectivity index (χ0) is 22.0. The molecule has 8 heteroatoms. The number of nitrogens with zero attached hydrogens (tertiary/aromatic N) is 4. The molecule has 2 atom stereocenters. The summed E-state index contributed by atoms with van der Waals surface area (Å²) in [5.74, 6) is 0.908. The Bertz CT molecular complexity index is 1110. The van der Waals surface area contributed by atoms with E-state index in [0.29, 0.717) is 13.2 Å². The first-order chi connectivity index (χ1) is 15.0. The maximum absolute atomic E-state index is 11.8. The van der Waals surface area contributed by atoms with Crippen molar-refractivity contribution in [2.24, 2.45) is 4.99 Å². The van der Waals surface area contributed by atoms with Crippen LogP contribution in [0.2, 0.25) is 0 Å². The second-order valence-electron chi connectivity index (χ2n) is 7.55. The number of rotatable bonds is 5. The molecule has 0 amide bonds. The van der Waals surface area contributed by atoms with Gasteiger partial charge in [-0.2, -0.15) is 4.37 Å². The molecule has 1 aliphatic heterocycles. The minimum atomic E-state index is -1.01. The van der Waals surface area contributed by atoms with Crippen molar-refractivity contribution in [3.05, 3.63) is 58.7 Å². The van der Waals surface area contributed by atoms with Crippen LogP contribution in [0.4, 0.5) is 5.82 Å². The predicted octanol–water partition coefficient (Wildman–Crippen LogP) is 3.94. The third kappa shape index (κ3) is 4.46. The summed E-state index contributed by atoms with van der Waals surface area (Å²) in [6.07, 6.45) is 1.70. The number of ether oxygens (including phenoxy) is 1. The fraction of sp³-hybridized carbons (Fsp3) is 0.348. The molecular weight excluding hydrogens is 428 g/mol. The normalized spacial score (nSPS) is 18.3. The number of hydrogen-bond donors (Lipinski definition) is 0. The smallest absolute Gasteiger partial charge is 0.130 e. The van der Waals surface area contributed by atoms with Gasteiger partial charge in [0.15, 0.2) is 0 Å².